The molecule has 0 spiro atoms. The molecular formula is C26H26N2O4S. The molecule has 0 unspecified atom stereocenters. The van der Waals surface area contributed by atoms with Crippen molar-refractivity contribution < 1.29 is 19.1 Å². The Morgan fingerprint density at radius 3 is 2.42 bits per heavy atom. The Hall–Kier alpha value is -3.58. The number of anilines is 1. The number of rotatable bonds is 8. The molecular weight excluding hydrogens is 436 g/mol. The van der Waals surface area contributed by atoms with Crippen LogP contribution in [0.1, 0.15) is 33.2 Å². The van der Waals surface area contributed by atoms with Gasteiger partial charge in [-0.15, -0.1) is 0 Å². The topological polar surface area (TPSA) is 84.5 Å². The van der Waals surface area contributed by atoms with Crippen LogP contribution in [0.2, 0.25) is 0 Å². The smallest absolute Gasteiger partial charge is 0.339 e. The van der Waals surface area contributed by atoms with Gasteiger partial charge in [-0.05, 0) is 59.4 Å². The van der Waals surface area contributed by atoms with Crippen LogP contribution in [0.3, 0.4) is 0 Å². The zero-order valence-corrected chi connectivity index (χ0v) is 19.6. The van der Waals surface area contributed by atoms with Crippen LogP contribution in [0.15, 0.2) is 66.7 Å². The number of ether oxygens (including phenoxy) is 1. The highest BCUT2D eigenvalue weighted by Gasteiger charge is 2.17. The van der Waals surface area contributed by atoms with E-state index >= 15 is 0 Å². The Balaban J connectivity index is 1.84. The van der Waals surface area contributed by atoms with Gasteiger partial charge in [-0.3, -0.25) is 9.59 Å². The molecule has 0 aliphatic carbocycles. The third kappa shape index (κ3) is 6.23. The van der Waals surface area contributed by atoms with Crippen LogP contribution in [-0.4, -0.2) is 43.4 Å². The number of thioether (sulfide) groups is 1. The maximum Gasteiger partial charge on any atom is 0.339 e. The minimum absolute atomic E-state index is 0.170. The van der Waals surface area contributed by atoms with Gasteiger partial charge in [0.15, 0.2) is 0 Å². The summed E-state index contributed by atoms with van der Waals surface area (Å²) >= 11 is 1.62. The average molecular weight is 463 g/mol. The molecule has 2 amide bonds. The van der Waals surface area contributed by atoms with Crippen molar-refractivity contribution in [3.05, 3.63) is 83.4 Å². The first-order valence-corrected chi connectivity index (χ1v) is 11.8. The van der Waals surface area contributed by atoms with Gasteiger partial charge in [0.05, 0.1) is 18.4 Å². The lowest BCUT2D eigenvalue weighted by atomic mass is 10.0. The van der Waals surface area contributed by atoms with E-state index in [0.29, 0.717) is 12.1 Å². The third-order valence-corrected chi connectivity index (χ3v) is 5.70. The van der Waals surface area contributed by atoms with Crippen molar-refractivity contribution in [2.75, 3.05) is 31.0 Å². The highest BCUT2D eigenvalue weighted by Crippen LogP contribution is 2.22. The van der Waals surface area contributed by atoms with Gasteiger partial charge in [-0.25, -0.2) is 4.79 Å². The summed E-state index contributed by atoms with van der Waals surface area (Å²) in [7, 11) is 1.26. The first-order valence-electron chi connectivity index (χ1n) is 10.4. The fourth-order valence-electron chi connectivity index (χ4n) is 3.33. The predicted octanol–water partition coefficient (Wildman–Crippen LogP) is 4.76. The van der Waals surface area contributed by atoms with E-state index in [1.165, 1.54) is 31.4 Å². The van der Waals surface area contributed by atoms with Crippen LogP contribution >= 0.6 is 11.8 Å². The zero-order valence-electron chi connectivity index (χ0n) is 18.8. The van der Waals surface area contributed by atoms with Crippen molar-refractivity contribution in [1.82, 2.24) is 5.32 Å². The van der Waals surface area contributed by atoms with Gasteiger partial charge in [0, 0.05) is 23.9 Å². The fraction of sp³-hybridized carbons (Fsp3) is 0.192. The van der Waals surface area contributed by atoms with Crippen LogP contribution in [0.25, 0.3) is 16.3 Å². The molecule has 0 radical (unpaired) electrons. The maximum absolute atomic E-state index is 12.8. The van der Waals surface area contributed by atoms with Crippen LogP contribution in [0.4, 0.5) is 5.69 Å². The molecule has 3 aromatic carbocycles. The molecule has 0 aliphatic heterocycles. The molecule has 3 rings (SSSR count). The van der Waals surface area contributed by atoms with E-state index in [4.69, 9.17) is 4.74 Å². The molecule has 0 heterocycles. The number of amides is 2. The molecule has 0 aliphatic rings. The molecule has 0 fully saturated rings. The monoisotopic (exact) mass is 462 g/mol. The minimum atomic E-state index is -0.602. The van der Waals surface area contributed by atoms with E-state index in [1.807, 2.05) is 55.6 Å². The predicted molar refractivity (Wildman–Crippen MR) is 135 cm³/mol. The largest absolute Gasteiger partial charge is 0.465 e. The molecule has 2 N–H and O–H groups in total. The molecule has 6 nitrogen and oxygen atoms in total. The summed E-state index contributed by atoms with van der Waals surface area (Å²) in [4.78, 5) is 37.4. The van der Waals surface area contributed by atoms with Crippen LogP contribution < -0.4 is 10.6 Å². The highest BCUT2D eigenvalue weighted by atomic mass is 32.2. The van der Waals surface area contributed by atoms with Crippen LogP contribution in [0.5, 0.6) is 0 Å². The lowest BCUT2D eigenvalue weighted by Crippen LogP contribution is -2.26. The Bertz CT molecular complexity index is 1220. The number of carbonyl (C=O) groups is 3. The SMILES string of the molecule is COC(=O)c1ccc(C(=O)NCCSC)cc1NC(=O)C=C(C)c1ccc2ccccc2c1. The molecule has 7 heteroatoms. The van der Waals surface area contributed by atoms with E-state index in [2.05, 4.69) is 10.6 Å². The summed E-state index contributed by atoms with van der Waals surface area (Å²) < 4.78 is 4.82. The number of methoxy groups -OCH3 is 1. The number of esters is 1. The molecule has 170 valence electrons. The van der Waals surface area contributed by atoms with Crippen molar-refractivity contribution in [3.63, 3.8) is 0 Å². The molecule has 33 heavy (non-hydrogen) atoms. The summed E-state index contributed by atoms with van der Waals surface area (Å²) in [5.41, 5.74) is 2.41. The molecule has 0 aromatic heterocycles. The fourth-order valence-corrected chi connectivity index (χ4v) is 3.64. The highest BCUT2D eigenvalue weighted by molar-refractivity contribution is 7.98. The average Bonchev–Trinajstić information content (AvgIpc) is 2.83. The number of hydrogen-bond acceptors (Lipinski definition) is 5. The van der Waals surface area contributed by atoms with Crippen molar-refractivity contribution in [1.29, 1.82) is 0 Å². The normalized spacial score (nSPS) is 11.2. The quantitative estimate of drug-likeness (QED) is 0.286. The van der Waals surface area contributed by atoms with Gasteiger partial charge in [-0.1, -0.05) is 36.4 Å². The van der Waals surface area contributed by atoms with Crippen molar-refractivity contribution in [2.45, 2.75) is 6.92 Å². The second-order valence-corrected chi connectivity index (χ2v) is 8.36. The standard InChI is InChI=1S/C26H26N2O4S/c1-17(19-9-8-18-6-4-5-7-20(18)15-19)14-24(29)28-23-16-21(25(30)27-12-13-33-3)10-11-22(23)26(31)32-2/h4-11,14-16H,12-13H2,1-3H3,(H,27,30)(H,28,29). The first-order chi connectivity index (χ1) is 15.9. The zero-order chi connectivity index (χ0) is 23.8. The molecule has 0 saturated heterocycles. The Labute approximate surface area is 197 Å². The van der Waals surface area contributed by atoms with Crippen LogP contribution in [0, 0.1) is 0 Å². The number of carbonyl (C=O) groups excluding carboxylic acids is 3. The number of fused-ring (bicyclic) bond motifs is 1. The summed E-state index contributed by atoms with van der Waals surface area (Å²) in [6, 6.07) is 18.5. The molecule has 0 atom stereocenters. The van der Waals surface area contributed by atoms with Crippen molar-refractivity contribution in [2.24, 2.45) is 0 Å². The number of allylic oxidation sites excluding steroid dienone is 1. The van der Waals surface area contributed by atoms with Gasteiger partial charge in [0.25, 0.3) is 5.91 Å². The molecule has 0 bridgehead atoms. The van der Waals surface area contributed by atoms with Gasteiger partial charge < -0.3 is 15.4 Å². The lowest BCUT2D eigenvalue weighted by Gasteiger charge is -2.12. The Kier molecular flexibility index (Phi) is 8.27. The second kappa shape index (κ2) is 11.3. The summed E-state index contributed by atoms with van der Waals surface area (Å²) in [6.45, 7) is 2.37. The van der Waals surface area contributed by atoms with E-state index in [-0.39, 0.29) is 17.2 Å². The Morgan fingerprint density at radius 1 is 0.970 bits per heavy atom. The first kappa shape index (κ1) is 24.1. The minimum Gasteiger partial charge on any atom is -0.465 e. The van der Waals surface area contributed by atoms with E-state index in [1.54, 1.807) is 11.8 Å². The number of benzene rings is 3. The van der Waals surface area contributed by atoms with E-state index in [9.17, 15) is 14.4 Å². The van der Waals surface area contributed by atoms with Gasteiger partial charge in [-0.2, -0.15) is 11.8 Å². The summed E-state index contributed by atoms with van der Waals surface area (Å²) in [6.07, 6.45) is 3.43. The molecule has 0 saturated carbocycles. The summed E-state index contributed by atoms with van der Waals surface area (Å²) in [5, 5.41) is 7.74. The lowest BCUT2D eigenvalue weighted by molar-refractivity contribution is -0.111. The van der Waals surface area contributed by atoms with Crippen molar-refractivity contribution in [3.8, 4) is 0 Å². The molecule has 3 aromatic rings. The maximum atomic E-state index is 12.8. The van der Waals surface area contributed by atoms with Gasteiger partial charge in [0.1, 0.15) is 0 Å². The van der Waals surface area contributed by atoms with Crippen LogP contribution in [-0.2, 0) is 9.53 Å². The number of hydrogen-bond donors (Lipinski definition) is 2. The second-order valence-electron chi connectivity index (χ2n) is 7.38. The van der Waals surface area contributed by atoms with Gasteiger partial charge in [0.2, 0.25) is 5.91 Å². The van der Waals surface area contributed by atoms with Gasteiger partial charge >= 0.3 is 5.97 Å². The van der Waals surface area contributed by atoms with E-state index < -0.39 is 11.9 Å². The third-order valence-electron chi connectivity index (χ3n) is 5.09. The number of nitrogens with one attached hydrogen (secondary N) is 2. The van der Waals surface area contributed by atoms with E-state index in [0.717, 1.165) is 27.7 Å². The van der Waals surface area contributed by atoms with Crippen molar-refractivity contribution >= 4 is 51.6 Å². The Morgan fingerprint density at radius 2 is 1.70 bits per heavy atom. The summed E-state index contributed by atoms with van der Waals surface area (Å²) in [5.74, 6) is -0.506.